The normalized spacial score (nSPS) is 16.0. The largest absolute Gasteiger partial charge is 0.314 e. The van der Waals surface area contributed by atoms with E-state index in [4.69, 9.17) is 0 Å². The molecule has 0 spiro atoms. The van der Waals surface area contributed by atoms with Gasteiger partial charge in [0.15, 0.2) is 0 Å². The number of aromatic amines is 1. The van der Waals surface area contributed by atoms with Crippen molar-refractivity contribution in [2.75, 3.05) is 26.2 Å². The Labute approximate surface area is 124 Å². The number of piperazine rings is 1. The second-order valence-corrected chi connectivity index (χ2v) is 5.38. The van der Waals surface area contributed by atoms with Crippen molar-refractivity contribution in [3.63, 3.8) is 0 Å². The van der Waals surface area contributed by atoms with E-state index < -0.39 is 0 Å². The van der Waals surface area contributed by atoms with Gasteiger partial charge in [0.2, 0.25) is 0 Å². The quantitative estimate of drug-likeness (QED) is 0.887. The molecule has 0 bridgehead atoms. The molecular weight excluding hydrogens is 264 g/mol. The fraction of sp³-hybridized carbons (Fsp3) is 0.375. The smallest absolute Gasteiger partial charge is 0.254 e. The number of benzene rings is 1. The van der Waals surface area contributed by atoms with Gasteiger partial charge in [0.05, 0.1) is 12.2 Å². The van der Waals surface area contributed by atoms with Crippen LogP contribution in [0.3, 0.4) is 0 Å². The first-order chi connectivity index (χ1) is 10.2. The Morgan fingerprint density at radius 2 is 1.90 bits per heavy atom. The molecule has 1 saturated heterocycles. The minimum Gasteiger partial charge on any atom is -0.314 e. The Morgan fingerprint density at radius 1 is 1.19 bits per heavy atom. The number of hydrogen-bond acceptors (Lipinski definition) is 4. The lowest BCUT2D eigenvalue weighted by Crippen LogP contribution is -2.43. The van der Waals surface area contributed by atoms with Crippen molar-refractivity contribution in [3.8, 4) is 11.3 Å². The zero-order valence-electron chi connectivity index (χ0n) is 12.2. The zero-order valence-corrected chi connectivity index (χ0v) is 12.2. The molecule has 1 fully saturated rings. The number of hydrogen-bond donors (Lipinski definition) is 2. The molecule has 0 aliphatic carbocycles. The van der Waals surface area contributed by atoms with Gasteiger partial charge in [0.1, 0.15) is 5.82 Å². The van der Waals surface area contributed by atoms with Crippen LogP contribution >= 0.6 is 0 Å². The summed E-state index contributed by atoms with van der Waals surface area (Å²) in [5.41, 5.74) is 2.39. The molecule has 0 atom stereocenters. The number of nitrogens with zero attached hydrogens (tertiary/aromatic N) is 2. The molecule has 21 heavy (non-hydrogen) atoms. The van der Waals surface area contributed by atoms with E-state index in [-0.39, 0.29) is 5.56 Å². The maximum atomic E-state index is 12.1. The van der Waals surface area contributed by atoms with E-state index in [1.165, 1.54) is 0 Å². The average Bonchev–Trinajstić information content (AvgIpc) is 2.52. The molecule has 1 aliphatic rings. The Kier molecular flexibility index (Phi) is 4.13. The SMILES string of the molecule is Cc1c(-c2ccccc2)nc(CN2CCNCC2)[nH]c1=O. The molecule has 1 aromatic heterocycles. The third kappa shape index (κ3) is 3.20. The topological polar surface area (TPSA) is 61.0 Å². The molecule has 5 heteroatoms. The predicted octanol–water partition coefficient (Wildman–Crippen LogP) is 1.15. The fourth-order valence-electron chi connectivity index (χ4n) is 2.61. The van der Waals surface area contributed by atoms with Crippen LogP contribution in [0.4, 0.5) is 0 Å². The van der Waals surface area contributed by atoms with Crippen molar-refractivity contribution in [1.29, 1.82) is 0 Å². The Hall–Kier alpha value is -1.98. The first-order valence-corrected chi connectivity index (χ1v) is 7.32. The third-order valence-corrected chi connectivity index (χ3v) is 3.83. The number of H-pyrrole nitrogens is 1. The van der Waals surface area contributed by atoms with Gasteiger partial charge in [0, 0.05) is 37.3 Å². The van der Waals surface area contributed by atoms with E-state index >= 15 is 0 Å². The van der Waals surface area contributed by atoms with Gasteiger partial charge in [-0.15, -0.1) is 0 Å². The number of rotatable bonds is 3. The van der Waals surface area contributed by atoms with Crippen molar-refractivity contribution < 1.29 is 0 Å². The van der Waals surface area contributed by atoms with Crippen molar-refractivity contribution in [2.45, 2.75) is 13.5 Å². The van der Waals surface area contributed by atoms with Crippen LogP contribution in [0, 0.1) is 6.92 Å². The highest BCUT2D eigenvalue weighted by Crippen LogP contribution is 2.18. The van der Waals surface area contributed by atoms with Gasteiger partial charge in [-0.3, -0.25) is 9.69 Å². The maximum Gasteiger partial charge on any atom is 0.254 e. The Morgan fingerprint density at radius 3 is 2.62 bits per heavy atom. The number of nitrogens with one attached hydrogen (secondary N) is 2. The van der Waals surface area contributed by atoms with Crippen LogP contribution in [0.15, 0.2) is 35.1 Å². The first-order valence-electron chi connectivity index (χ1n) is 7.32. The maximum absolute atomic E-state index is 12.1. The molecule has 0 amide bonds. The monoisotopic (exact) mass is 284 g/mol. The lowest BCUT2D eigenvalue weighted by atomic mass is 10.1. The van der Waals surface area contributed by atoms with Gasteiger partial charge in [-0.1, -0.05) is 30.3 Å². The zero-order chi connectivity index (χ0) is 14.7. The summed E-state index contributed by atoms with van der Waals surface area (Å²) in [5, 5.41) is 3.32. The van der Waals surface area contributed by atoms with Crippen molar-refractivity contribution in [3.05, 3.63) is 52.1 Å². The summed E-state index contributed by atoms with van der Waals surface area (Å²) in [6, 6.07) is 9.88. The highest BCUT2D eigenvalue weighted by molar-refractivity contribution is 5.62. The van der Waals surface area contributed by atoms with Crippen LogP contribution in [-0.2, 0) is 6.54 Å². The summed E-state index contributed by atoms with van der Waals surface area (Å²) < 4.78 is 0. The molecule has 0 radical (unpaired) electrons. The number of aromatic nitrogens is 2. The summed E-state index contributed by atoms with van der Waals surface area (Å²) in [4.78, 5) is 22.0. The van der Waals surface area contributed by atoms with Gasteiger partial charge >= 0.3 is 0 Å². The predicted molar refractivity (Wildman–Crippen MR) is 83.2 cm³/mol. The van der Waals surface area contributed by atoms with E-state index in [0.29, 0.717) is 12.1 Å². The van der Waals surface area contributed by atoms with Crippen LogP contribution in [0.1, 0.15) is 11.4 Å². The summed E-state index contributed by atoms with van der Waals surface area (Å²) in [6.45, 7) is 6.46. The molecule has 110 valence electrons. The molecule has 2 aromatic rings. The molecule has 1 aromatic carbocycles. The van der Waals surface area contributed by atoms with Gasteiger partial charge in [0.25, 0.3) is 5.56 Å². The van der Waals surface area contributed by atoms with E-state index in [1.54, 1.807) is 0 Å². The molecule has 2 heterocycles. The highest BCUT2D eigenvalue weighted by atomic mass is 16.1. The lowest BCUT2D eigenvalue weighted by molar-refractivity contribution is 0.228. The second-order valence-electron chi connectivity index (χ2n) is 5.38. The third-order valence-electron chi connectivity index (χ3n) is 3.83. The molecule has 3 rings (SSSR count). The summed E-state index contributed by atoms with van der Waals surface area (Å²) >= 11 is 0. The van der Waals surface area contributed by atoms with E-state index in [9.17, 15) is 4.79 Å². The lowest BCUT2D eigenvalue weighted by Gasteiger charge is -2.26. The molecule has 2 N–H and O–H groups in total. The standard InChI is InChI=1S/C16H20N4O/c1-12-15(13-5-3-2-4-6-13)18-14(19-16(12)21)11-20-9-7-17-8-10-20/h2-6,17H,7-11H2,1H3,(H,18,19,21). The summed E-state index contributed by atoms with van der Waals surface area (Å²) in [7, 11) is 0. The Balaban J connectivity index is 1.92. The fourth-order valence-corrected chi connectivity index (χ4v) is 2.61. The van der Waals surface area contributed by atoms with Gasteiger partial charge in [-0.25, -0.2) is 4.98 Å². The van der Waals surface area contributed by atoms with Crippen LogP contribution < -0.4 is 10.9 Å². The van der Waals surface area contributed by atoms with Crippen molar-refractivity contribution in [1.82, 2.24) is 20.2 Å². The second kappa shape index (κ2) is 6.20. The molecule has 0 saturated carbocycles. The average molecular weight is 284 g/mol. The summed E-state index contributed by atoms with van der Waals surface area (Å²) in [5.74, 6) is 0.742. The van der Waals surface area contributed by atoms with Gasteiger partial charge in [-0.05, 0) is 6.92 Å². The Bertz CT molecular complexity index is 660. The van der Waals surface area contributed by atoms with Crippen molar-refractivity contribution in [2.24, 2.45) is 0 Å². The van der Waals surface area contributed by atoms with Crippen molar-refractivity contribution >= 4 is 0 Å². The van der Waals surface area contributed by atoms with Crippen LogP contribution in [0.5, 0.6) is 0 Å². The molecule has 0 unspecified atom stereocenters. The highest BCUT2D eigenvalue weighted by Gasteiger charge is 2.14. The first kappa shape index (κ1) is 14.0. The van der Waals surface area contributed by atoms with Gasteiger partial charge < -0.3 is 10.3 Å². The van der Waals surface area contributed by atoms with Crippen LogP contribution in [-0.4, -0.2) is 41.0 Å². The van der Waals surface area contributed by atoms with E-state index in [0.717, 1.165) is 43.3 Å². The van der Waals surface area contributed by atoms with E-state index in [1.807, 2.05) is 37.3 Å². The minimum atomic E-state index is -0.0472. The van der Waals surface area contributed by atoms with Crippen LogP contribution in [0.2, 0.25) is 0 Å². The molecule has 1 aliphatic heterocycles. The van der Waals surface area contributed by atoms with Gasteiger partial charge in [-0.2, -0.15) is 0 Å². The molecule has 5 nitrogen and oxygen atoms in total. The minimum absolute atomic E-state index is 0.0472. The summed E-state index contributed by atoms with van der Waals surface area (Å²) in [6.07, 6.45) is 0. The van der Waals surface area contributed by atoms with Crippen LogP contribution in [0.25, 0.3) is 11.3 Å². The van der Waals surface area contributed by atoms with E-state index in [2.05, 4.69) is 20.2 Å². The molecular formula is C16H20N4O.